The van der Waals surface area contributed by atoms with Crippen LogP contribution in [0.1, 0.15) is 18.4 Å². The minimum atomic E-state index is -3.46. The van der Waals surface area contributed by atoms with Gasteiger partial charge in [-0.15, -0.1) is 10.2 Å². The first-order valence-corrected chi connectivity index (χ1v) is 13.3. The van der Waals surface area contributed by atoms with E-state index in [1.54, 1.807) is 35.9 Å². The van der Waals surface area contributed by atoms with Crippen LogP contribution in [0.3, 0.4) is 0 Å². The molecule has 0 spiro atoms. The van der Waals surface area contributed by atoms with Crippen molar-refractivity contribution >= 4 is 27.7 Å². The molecule has 2 aromatic carbocycles. The Kier molecular flexibility index (Phi) is 7.54. The van der Waals surface area contributed by atoms with Gasteiger partial charge in [0.05, 0.1) is 17.8 Å². The van der Waals surface area contributed by atoms with E-state index >= 15 is 0 Å². The molecular formula is C23H27N5O4S2. The van der Waals surface area contributed by atoms with Gasteiger partial charge in [0.1, 0.15) is 5.75 Å². The third-order valence-corrected chi connectivity index (χ3v) is 8.58. The summed E-state index contributed by atoms with van der Waals surface area (Å²) in [4.78, 5) is 12.6. The van der Waals surface area contributed by atoms with E-state index in [4.69, 9.17) is 4.74 Å². The van der Waals surface area contributed by atoms with Gasteiger partial charge < -0.3 is 14.6 Å². The fourth-order valence-corrected chi connectivity index (χ4v) is 6.03. The third-order valence-electron chi connectivity index (χ3n) is 5.65. The normalized spacial score (nSPS) is 14.3. The summed E-state index contributed by atoms with van der Waals surface area (Å²) in [5.41, 5.74) is 1.65. The molecular weight excluding hydrogens is 474 g/mol. The number of benzene rings is 2. The molecule has 2 heterocycles. The SMILES string of the molecule is COc1ccccc1CNC(=O)CSc1nnc(-c2ccc(S(=O)(=O)N3CCCC3)cc2)n1C. The first-order chi connectivity index (χ1) is 16.4. The molecule has 1 N–H and O–H groups in total. The number of hydrogen-bond acceptors (Lipinski definition) is 7. The third kappa shape index (κ3) is 5.26. The van der Waals surface area contributed by atoms with E-state index in [2.05, 4.69) is 15.5 Å². The fraction of sp³-hybridized carbons (Fsp3) is 0.348. The molecule has 1 aromatic heterocycles. The van der Waals surface area contributed by atoms with E-state index in [0.29, 0.717) is 30.6 Å². The van der Waals surface area contributed by atoms with Crippen molar-refractivity contribution in [3.8, 4) is 17.1 Å². The average Bonchev–Trinajstić information content (AvgIpc) is 3.52. The molecule has 0 bridgehead atoms. The monoisotopic (exact) mass is 501 g/mol. The maximum absolute atomic E-state index is 12.7. The van der Waals surface area contributed by atoms with Crippen molar-refractivity contribution in [2.24, 2.45) is 7.05 Å². The molecule has 11 heteroatoms. The molecule has 0 unspecified atom stereocenters. The first-order valence-electron chi connectivity index (χ1n) is 10.9. The largest absolute Gasteiger partial charge is 0.496 e. The van der Waals surface area contributed by atoms with Crippen LogP contribution in [0, 0.1) is 0 Å². The van der Waals surface area contributed by atoms with Crippen molar-refractivity contribution in [2.75, 3.05) is 26.0 Å². The summed E-state index contributed by atoms with van der Waals surface area (Å²) in [6, 6.07) is 14.2. The topological polar surface area (TPSA) is 106 Å². The summed E-state index contributed by atoms with van der Waals surface area (Å²) in [5.74, 6) is 1.39. The Bertz CT molecular complexity index is 1250. The number of aromatic nitrogens is 3. The number of rotatable bonds is 9. The summed E-state index contributed by atoms with van der Waals surface area (Å²) in [7, 11) is -0.0386. The lowest BCUT2D eigenvalue weighted by Crippen LogP contribution is -2.27. The number of methoxy groups -OCH3 is 1. The predicted octanol–water partition coefficient (Wildman–Crippen LogP) is 2.68. The Morgan fingerprint density at radius 1 is 1.09 bits per heavy atom. The number of nitrogens with zero attached hydrogens (tertiary/aromatic N) is 4. The lowest BCUT2D eigenvalue weighted by atomic mass is 10.2. The highest BCUT2D eigenvalue weighted by Crippen LogP contribution is 2.26. The van der Waals surface area contributed by atoms with Crippen molar-refractivity contribution in [3.63, 3.8) is 0 Å². The van der Waals surface area contributed by atoms with Gasteiger partial charge in [-0.05, 0) is 43.2 Å². The van der Waals surface area contributed by atoms with Crippen LogP contribution in [0.2, 0.25) is 0 Å². The lowest BCUT2D eigenvalue weighted by molar-refractivity contribution is -0.118. The Hall–Kier alpha value is -2.89. The zero-order chi connectivity index (χ0) is 24.1. The van der Waals surface area contributed by atoms with Gasteiger partial charge in [-0.1, -0.05) is 30.0 Å². The highest BCUT2D eigenvalue weighted by molar-refractivity contribution is 7.99. The predicted molar refractivity (Wildman–Crippen MR) is 130 cm³/mol. The molecule has 1 fully saturated rings. The Morgan fingerprint density at radius 3 is 2.50 bits per heavy atom. The number of carbonyl (C=O) groups is 1. The second-order valence-electron chi connectivity index (χ2n) is 7.88. The van der Waals surface area contributed by atoms with Gasteiger partial charge in [0.2, 0.25) is 15.9 Å². The molecule has 1 aliphatic rings. The number of ether oxygens (including phenoxy) is 1. The molecule has 1 amide bonds. The first kappa shape index (κ1) is 24.2. The molecule has 180 valence electrons. The van der Waals surface area contributed by atoms with E-state index in [1.807, 2.05) is 31.3 Å². The molecule has 3 aromatic rings. The van der Waals surface area contributed by atoms with E-state index in [9.17, 15) is 13.2 Å². The van der Waals surface area contributed by atoms with Crippen molar-refractivity contribution in [1.29, 1.82) is 0 Å². The Balaban J connectivity index is 1.36. The average molecular weight is 502 g/mol. The van der Waals surface area contributed by atoms with Gasteiger partial charge >= 0.3 is 0 Å². The van der Waals surface area contributed by atoms with Crippen LogP contribution >= 0.6 is 11.8 Å². The van der Waals surface area contributed by atoms with Gasteiger partial charge in [0.25, 0.3) is 0 Å². The number of carbonyl (C=O) groups excluding carboxylic acids is 1. The molecule has 1 aliphatic heterocycles. The van der Waals surface area contributed by atoms with Crippen LogP contribution in [0.4, 0.5) is 0 Å². The Morgan fingerprint density at radius 2 is 1.79 bits per heavy atom. The smallest absolute Gasteiger partial charge is 0.243 e. The minimum absolute atomic E-state index is 0.128. The molecule has 1 saturated heterocycles. The van der Waals surface area contributed by atoms with Crippen LogP contribution in [0.25, 0.3) is 11.4 Å². The number of thioether (sulfide) groups is 1. The molecule has 0 aliphatic carbocycles. The summed E-state index contributed by atoms with van der Waals surface area (Å²) in [6.45, 7) is 1.51. The fourth-order valence-electron chi connectivity index (χ4n) is 3.77. The number of hydrogen-bond donors (Lipinski definition) is 1. The highest BCUT2D eigenvalue weighted by atomic mass is 32.2. The van der Waals surface area contributed by atoms with Crippen molar-refractivity contribution in [2.45, 2.75) is 29.4 Å². The highest BCUT2D eigenvalue weighted by Gasteiger charge is 2.27. The number of para-hydroxylation sites is 1. The Labute approximate surface area is 203 Å². The molecule has 9 nitrogen and oxygen atoms in total. The summed E-state index contributed by atoms with van der Waals surface area (Å²) in [6.07, 6.45) is 1.80. The number of sulfonamides is 1. The molecule has 4 rings (SSSR count). The zero-order valence-electron chi connectivity index (χ0n) is 19.1. The molecule has 0 saturated carbocycles. The lowest BCUT2D eigenvalue weighted by Gasteiger charge is -2.15. The van der Waals surface area contributed by atoms with Crippen molar-refractivity contribution in [3.05, 3.63) is 54.1 Å². The quantitative estimate of drug-likeness (QED) is 0.449. The maximum Gasteiger partial charge on any atom is 0.243 e. The van der Waals surface area contributed by atoms with Gasteiger partial charge in [-0.3, -0.25) is 4.79 Å². The van der Waals surface area contributed by atoms with Crippen molar-refractivity contribution in [1.82, 2.24) is 24.4 Å². The van der Waals surface area contributed by atoms with Gasteiger partial charge in [0, 0.05) is 37.8 Å². The molecule has 0 radical (unpaired) electrons. The van der Waals surface area contributed by atoms with Crippen LogP contribution in [-0.2, 0) is 28.4 Å². The maximum atomic E-state index is 12.7. The van der Waals surface area contributed by atoms with Crippen LogP contribution in [-0.4, -0.2) is 59.3 Å². The second kappa shape index (κ2) is 10.6. The van der Waals surface area contributed by atoms with E-state index in [1.165, 1.54) is 16.1 Å². The summed E-state index contributed by atoms with van der Waals surface area (Å²) >= 11 is 1.28. The zero-order valence-corrected chi connectivity index (χ0v) is 20.7. The van der Waals surface area contributed by atoms with Gasteiger partial charge in [-0.2, -0.15) is 4.31 Å². The van der Waals surface area contributed by atoms with Gasteiger partial charge in [0.15, 0.2) is 11.0 Å². The van der Waals surface area contributed by atoms with E-state index in [-0.39, 0.29) is 16.6 Å². The molecule has 34 heavy (non-hydrogen) atoms. The number of amides is 1. The minimum Gasteiger partial charge on any atom is -0.496 e. The van der Waals surface area contributed by atoms with Crippen LogP contribution in [0.15, 0.2) is 58.6 Å². The summed E-state index contributed by atoms with van der Waals surface area (Å²) in [5, 5.41) is 11.9. The van der Waals surface area contributed by atoms with Crippen LogP contribution < -0.4 is 10.1 Å². The number of nitrogens with one attached hydrogen (secondary N) is 1. The van der Waals surface area contributed by atoms with Crippen molar-refractivity contribution < 1.29 is 17.9 Å². The van der Waals surface area contributed by atoms with Crippen LogP contribution in [0.5, 0.6) is 5.75 Å². The second-order valence-corrected chi connectivity index (χ2v) is 10.8. The van der Waals surface area contributed by atoms with E-state index in [0.717, 1.165) is 29.7 Å². The van der Waals surface area contributed by atoms with Gasteiger partial charge in [-0.25, -0.2) is 8.42 Å². The molecule has 0 atom stereocenters. The summed E-state index contributed by atoms with van der Waals surface area (Å²) < 4.78 is 34.1. The standard InChI is InChI=1S/C23H27N5O4S2/c1-27-22(17-9-11-19(12-10-17)34(30,31)28-13-5-6-14-28)25-26-23(27)33-16-21(29)24-15-18-7-3-4-8-20(18)32-2/h3-4,7-12H,5-6,13-16H2,1-2H3,(H,24,29). The van der Waals surface area contributed by atoms with E-state index < -0.39 is 10.0 Å².